The van der Waals surface area contributed by atoms with Crippen LogP contribution in [0, 0.1) is 6.92 Å². The monoisotopic (exact) mass is 321 g/mol. The first kappa shape index (κ1) is 17.5. The number of aromatic nitrogens is 2. The molecule has 3 N–H and O–H groups in total. The van der Waals surface area contributed by atoms with E-state index in [1.165, 1.54) is 6.42 Å². The number of aryl methyl sites for hydroxylation is 1. The number of unbranched alkanes of at least 4 members (excludes halogenated alkanes) is 3. The molecule has 0 radical (unpaired) electrons. The fraction of sp³-hybridized carbons (Fsp3) is 0.750. The minimum Gasteiger partial charge on any atom is -0.392 e. The maximum atomic E-state index is 12.1. The average molecular weight is 321 g/mol. The molecule has 0 saturated carbocycles. The molecule has 0 atom stereocenters. The number of nitrogens with zero attached hydrogens (tertiary/aromatic N) is 1. The highest BCUT2D eigenvalue weighted by Gasteiger charge is 2.22. The van der Waals surface area contributed by atoms with Crippen LogP contribution in [0.1, 0.15) is 36.9 Å². The minimum absolute atomic E-state index is 0.0973. The second-order valence-electron chi connectivity index (χ2n) is 4.60. The normalized spacial score (nSPS) is 11.9. The second kappa shape index (κ2) is 8.66. The Morgan fingerprint density at radius 2 is 2.00 bits per heavy atom. The molecule has 0 unspecified atom stereocenters. The van der Waals surface area contributed by atoms with Gasteiger partial charge in [-0.25, -0.2) is 13.1 Å². The molecule has 0 bridgehead atoms. The highest BCUT2D eigenvalue weighted by atomic mass is 32.2. The van der Waals surface area contributed by atoms with Crippen molar-refractivity contribution in [1.29, 1.82) is 0 Å². The van der Waals surface area contributed by atoms with Gasteiger partial charge >= 0.3 is 0 Å². The highest BCUT2D eigenvalue weighted by Crippen LogP contribution is 2.15. The molecule has 116 valence electrons. The summed E-state index contributed by atoms with van der Waals surface area (Å²) in [6.07, 6.45) is 6.19. The Kier molecular flexibility index (Phi) is 7.57. The van der Waals surface area contributed by atoms with E-state index < -0.39 is 10.0 Å². The van der Waals surface area contributed by atoms with Crippen LogP contribution in [-0.2, 0) is 16.6 Å². The van der Waals surface area contributed by atoms with E-state index in [-0.39, 0.29) is 11.6 Å². The summed E-state index contributed by atoms with van der Waals surface area (Å²) in [5.41, 5.74) is 0.905. The van der Waals surface area contributed by atoms with Crippen LogP contribution in [0.5, 0.6) is 0 Å². The Bertz CT molecular complexity index is 500. The predicted molar refractivity (Wildman–Crippen MR) is 81.3 cm³/mol. The molecule has 1 heterocycles. The lowest BCUT2D eigenvalue weighted by Gasteiger charge is -2.06. The zero-order valence-corrected chi connectivity index (χ0v) is 13.6. The Hall–Kier alpha value is -0.570. The third-order valence-electron chi connectivity index (χ3n) is 3.02. The van der Waals surface area contributed by atoms with E-state index in [0.29, 0.717) is 17.8 Å². The summed E-state index contributed by atoms with van der Waals surface area (Å²) >= 11 is 1.83. The van der Waals surface area contributed by atoms with Crippen LogP contribution >= 0.6 is 11.8 Å². The summed E-state index contributed by atoms with van der Waals surface area (Å²) < 4.78 is 26.6. The number of hydrogen-bond acceptors (Lipinski definition) is 5. The third kappa shape index (κ3) is 5.08. The minimum atomic E-state index is -3.64. The van der Waals surface area contributed by atoms with Crippen molar-refractivity contribution in [2.75, 3.05) is 18.6 Å². The lowest BCUT2D eigenvalue weighted by Crippen LogP contribution is -2.26. The van der Waals surface area contributed by atoms with Crippen LogP contribution in [-0.4, -0.2) is 42.3 Å². The smallest absolute Gasteiger partial charge is 0.260 e. The molecule has 0 aliphatic rings. The van der Waals surface area contributed by atoms with E-state index in [9.17, 15) is 13.5 Å². The Morgan fingerprint density at radius 1 is 1.30 bits per heavy atom. The maximum Gasteiger partial charge on any atom is 0.260 e. The number of aliphatic hydroxyl groups excluding tert-OH is 1. The fourth-order valence-electron chi connectivity index (χ4n) is 1.84. The van der Waals surface area contributed by atoms with E-state index in [1.54, 1.807) is 6.92 Å². The zero-order valence-electron chi connectivity index (χ0n) is 12.0. The Morgan fingerprint density at radius 3 is 2.65 bits per heavy atom. The number of sulfonamides is 1. The predicted octanol–water partition coefficient (Wildman–Crippen LogP) is 1.41. The second-order valence-corrected chi connectivity index (χ2v) is 7.26. The van der Waals surface area contributed by atoms with Crippen molar-refractivity contribution < 1.29 is 13.5 Å². The molecule has 0 fully saturated rings. The first-order valence-corrected chi connectivity index (χ1v) is 9.54. The molecule has 0 spiro atoms. The van der Waals surface area contributed by atoms with Gasteiger partial charge in [0.15, 0.2) is 5.03 Å². The Balaban J connectivity index is 2.42. The summed E-state index contributed by atoms with van der Waals surface area (Å²) in [7, 11) is -3.64. The first-order valence-electron chi connectivity index (χ1n) is 6.66. The number of aromatic amines is 1. The molecule has 6 nitrogen and oxygen atoms in total. The van der Waals surface area contributed by atoms with Gasteiger partial charge in [-0.1, -0.05) is 12.8 Å². The van der Waals surface area contributed by atoms with Crippen molar-refractivity contribution in [3.63, 3.8) is 0 Å². The summed E-state index contributed by atoms with van der Waals surface area (Å²) in [5.74, 6) is 1.15. The highest BCUT2D eigenvalue weighted by molar-refractivity contribution is 7.98. The summed E-state index contributed by atoms with van der Waals surface area (Å²) in [6.45, 7) is 1.74. The number of rotatable bonds is 10. The molecular formula is C12H23N3O3S2. The SMILES string of the molecule is CSCCCCCCNS(=O)(=O)c1n[nH]c(C)c1CO. The van der Waals surface area contributed by atoms with Gasteiger partial charge in [-0.3, -0.25) is 5.10 Å². The van der Waals surface area contributed by atoms with Crippen molar-refractivity contribution in [2.24, 2.45) is 0 Å². The molecule has 1 rings (SSSR count). The standard InChI is InChI=1S/C12H23N3O3S2/c1-10-11(9-16)12(15-14-10)20(17,18)13-7-5-3-4-6-8-19-2/h13,16H,3-9H2,1-2H3,(H,14,15). The van der Waals surface area contributed by atoms with Crippen molar-refractivity contribution in [2.45, 2.75) is 44.2 Å². The molecule has 8 heteroatoms. The lowest BCUT2D eigenvalue weighted by atomic mass is 10.2. The van der Waals surface area contributed by atoms with Gasteiger partial charge in [-0.15, -0.1) is 0 Å². The lowest BCUT2D eigenvalue weighted by molar-refractivity contribution is 0.277. The topological polar surface area (TPSA) is 95.1 Å². The molecular weight excluding hydrogens is 298 g/mol. The summed E-state index contributed by atoms with van der Waals surface area (Å²) in [4.78, 5) is 0. The van der Waals surface area contributed by atoms with Crippen LogP contribution in [0.15, 0.2) is 5.03 Å². The largest absolute Gasteiger partial charge is 0.392 e. The van der Waals surface area contributed by atoms with Crippen molar-refractivity contribution in [3.05, 3.63) is 11.3 Å². The summed E-state index contributed by atoms with van der Waals surface area (Å²) in [6, 6.07) is 0. The average Bonchev–Trinajstić information content (AvgIpc) is 2.79. The third-order valence-corrected chi connectivity index (χ3v) is 5.14. The van der Waals surface area contributed by atoms with E-state index in [0.717, 1.165) is 25.0 Å². The Labute approximate surface area is 124 Å². The van der Waals surface area contributed by atoms with Crippen molar-refractivity contribution in [3.8, 4) is 0 Å². The number of thioether (sulfide) groups is 1. The molecule has 0 aliphatic heterocycles. The van der Waals surface area contributed by atoms with Crippen molar-refractivity contribution in [1.82, 2.24) is 14.9 Å². The number of nitrogens with one attached hydrogen (secondary N) is 2. The molecule has 1 aromatic heterocycles. The number of aliphatic hydroxyl groups is 1. The number of hydrogen-bond donors (Lipinski definition) is 3. The van der Waals surface area contributed by atoms with Crippen LogP contribution in [0.4, 0.5) is 0 Å². The van der Waals surface area contributed by atoms with E-state index >= 15 is 0 Å². The van der Waals surface area contributed by atoms with Crippen molar-refractivity contribution >= 4 is 21.8 Å². The molecule has 0 amide bonds. The molecule has 1 aromatic rings. The van der Waals surface area contributed by atoms with Gasteiger partial charge in [0.05, 0.1) is 6.61 Å². The van der Waals surface area contributed by atoms with Crippen LogP contribution in [0.3, 0.4) is 0 Å². The van der Waals surface area contributed by atoms with E-state index in [4.69, 9.17) is 0 Å². The summed E-state index contributed by atoms with van der Waals surface area (Å²) in [5, 5.41) is 15.4. The van der Waals surface area contributed by atoms with Gasteiger partial charge in [0.1, 0.15) is 0 Å². The number of H-pyrrole nitrogens is 1. The molecule has 0 aromatic carbocycles. The molecule has 0 aliphatic carbocycles. The maximum absolute atomic E-state index is 12.1. The van der Waals surface area contributed by atoms with Crippen LogP contribution in [0.2, 0.25) is 0 Å². The zero-order chi connectivity index (χ0) is 15.0. The molecule has 20 heavy (non-hydrogen) atoms. The van der Waals surface area contributed by atoms with E-state index in [2.05, 4.69) is 21.2 Å². The molecule has 0 saturated heterocycles. The van der Waals surface area contributed by atoms with Gasteiger partial charge in [-0.2, -0.15) is 16.9 Å². The van der Waals surface area contributed by atoms with Gasteiger partial charge in [0.25, 0.3) is 10.0 Å². The first-order chi connectivity index (χ1) is 9.53. The fourth-order valence-corrected chi connectivity index (χ4v) is 3.59. The van der Waals surface area contributed by atoms with Gasteiger partial charge in [0, 0.05) is 17.8 Å². The van der Waals surface area contributed by atoms with Crippen LogP contribution < -0.4 is 4.72 Å². The van der Waals surface area contributed by atoms with Crippen LogP contribution in [0.25, 0.3) is 0 Å². The van der Waals surface area contributed by atoms with E-state index in [1.807, 2.05) is 11.8 Å². The van der Waals surface area contributed by atoms with Gasteiger partial charge in [-0.05, 0) is 31.8 Å². The quantitative estimate of drug-likeness (QED) is 0.566. The van der Waals surface area contributed by atoms with Gasteiger partial charge in [0.2, 0.25) is 0 Å². The van der Waals surface area contributed by atoms with Gasteiger partial charge < -0.3 is 5.11 Å².